The Morgan fingerprint density at radius 3 is 1.92 bits per heavy atom. The topological polar surface area (TPSA) is 26.3 Å². The van der Waals surface area contributed by atoms with Gasteiger partial charge in [0.05, 0.1) is 40.0 Å². The molecular formula is C8H17INO2+. The Hall–Kier alpha value is 0.320. The second kappa shape index (κ2) is 5.88. The number of hydrogen-bond donors (Lipinski definition) is 0. The summed E-state index contributed by atoms with van der Waals surface area (Å²) in [4.78, 5) is 10.7. The Morgan fingerprint density at radius 2 is 1.67 bits per heavy atom. The van der Waals surface area contributed by atoms with E-state index in [1.54, 1.807) is 30.1 Å². The molecule has 1 saturated heterocycles. The molecule has 0 N–H and O–H groups in total. The zero-order valence-corrected chi connectivity index (χ0v) is 10.1. The second-order valence-electron chi connectivity index (χ2n) is 3.58. The van der Waals surface area contributed by atoms with Crippen LogP contribution in [0.1, 0.15) is 12.8 Å². The van der Waals surface area contributed by atoms with Gasteiger partial charge in [0.25, 0.3) is 0 Å². The van der Waals surface area contributed by atoms with Gasteiger partial charge in [-0.15, -0.1) is 0 Å². The number of ketones is 1. The molecule has 1 aliphatic heterocycles. The van der Waals surface area contributed by atoms with Crippen molar-refractivity contribution < 1.29 is 12.3 Å². The van der Waals surface area contributed by atoms with Crippen LogP contribution in [-0.4, -0.2) is 44.6 Å². The molecule has 0 bridgehead atoms. The third-order valence-corrected chi connectivity index (χ3v) is 1.99. The van der Waals surface area contributed by atoms with Gasteiger partial charge in [0, 0.05) is 7.11 Å². The highest BCUT2D eigenvalue weighted by atomic mass is 127. The van der Waals surface area contributed by atoms with E-state index in [0.717, 1.165) is 30.4 Å². The summed E-state index contributed by atoms with van der Waals surface area (Å²) in [5.41, 5.74) is 0. The van der Waals surface area contributed by atoms with Crippen LogP contribution in [0.2, 0.25) is 0 Å². The van der Waals surface area contributed by atoms with Crippen LogP contribution >= 0.6 is 23.0 Å². The van der Waals surface area contributed by atoms with Crippen molar-refractivity contribution in [2.75, 3.05) is 34.3 Å². The van der Waals surface area contributed by atoms with Crippen molar-refractivity contribution in [2.24, 2.45) is 0 Å². The minimum absolute atomic E-state index is 0.437. The number of Topliss-reactive ketones (excluding diaryl/α,β-unsaturated/α-hetero) is 1. The molecule has 0 aromatic heterocycles. The molecule has 1 fully saturated rings. The Labute approximate surface area is 88.4 Å². The van der Waals surface area contributed by atoms with Crippen LogP contribution in [0.5, 0.6) is 0 Å². The Kier molecular flexibility index (Phi) is 6.04. The van der Waals surface area contributed by atoms with Gasteiger partial charge >= 0.3 is 0 Å². The van der Waals surface area contributed by atoms with E-state index in [2.05, 4.69) is 17.2 Å². The second-order valence-corrected chi connectivity index (χ2v) is 4.46. The minimum atomic E-state index is 0.437. The fourth-order valence-corrected chi connectivity index (χ4v) is 1.09. The molecule has 12 heavy (non-hydrogen) atoms. The summed E-state index contributed by atoms with van der Waals surface area (Å²) in [5, 5.41) is 0. The standard InChI is InChI=1S/C7H14NO.CH3IO/c1-8(2)5-3-7(9)4-6-8;1-3-2/h3-6H2,1-2H3;1H3/q+1;. The molecular weight excluding hydrogens is 269 g/mol. The maximum absolute atomic E-state index is 10.7. The summed E-state index contributed by atoms with van der Waals surface area (Å²) < 4.78 is 5.24. The van der Waals surface area contributed by atoms with Gasteiger partial charge in [-0.05, 0) is 0 Å². The molecule has 3 nitrogen and oxygen atoms in total. The van der Waals surface area contributed by atoms with Crippen LogP contribution in [0, 0.1) is 0 Å². The molecule has 0 aromatic rings. The van der Waals surface area contributed by atoms with Crippen LogP contribution in [0.4, 0.5) is 0 Å². The quantitative estimate of drug-likeness (QED) is 0.497. The molecule has 4 heteroatoms. The molecule has 1 heterocycles. The molecule has 0 aliphatic carbocycles. The number of rotatable bonds is 0. The average molecular weight is 286 g/mol. The predicted octanol–water partition coefficient (Wildman–Crippen LogP) is 1.41. The number of piperidine rings is 1. The van der Waals surface area contributed by atoms with Crippen LogP contribution in [0.3, 0.4) is 0 Å². The lowest BCUT2D eigenvalue weighted by Gasteiger charge is -2.32. The number of quaternary nitrogens is 1. The Balaban J connectivity index is 0.000000354. The fourth-order valence-electron chi connectivity index (χ4n) is 1.09. The number of likely N-dealkylation sites (tertiary alicyclic amines) is 1. The number of hydrogen-bond acceptors (Lipinski definition) is 2. The first-order valence-corrected chi connectivity index (χ1v) is 4.88. The lowest BCUT2D eigenvalue weighted by Crippen LogP contribution is -2.46. The molecule has 1 aliphatic rings. The largest absolute Gasteiger partial charge is 0.328 e. The number of nitrogens with zero attached hydrogens (tertiary/aromatic N) is 1. The molecule has 0 amide bonds. The van der Waals surface area contributed by atoms with Gasteiger partial charge in [-0.2, -0.15) is 0 Å². The zero-order valence-electron chi connectivity index (χ0n) is 7.97. The molecule has 0 radical (unpaired) electrons. The molecule has 1 rings (SSSR count). The highest BCUT2D eigenvalue weighted by Gasteiger charge is 2.23. The van der Waals surface area contributed by atoms with Gasteiger partial charge in [-0.25, -0.2) is 0 Å². The monoisotopic (exact) mass is 286 g/mol. The number of carbonyl (C=O) groups excluding carboxylic acids is 1. The maximum atomic E-state index is 10.7. The summed E-state index contributed by atoms with van der Waals surface area (Å²) in [6.07, 6.45) is 1.57. The molecule has 0 spiro atoms. The number of carbonyl (C=O) groups is 1. The summed E-state index contributed by atoms with van der Waals surface area (Å²) in [6.45, 7) is 2.05. The van der Waals surface area contributed by atoms with Crippen molar-refractivity contribution in [3.05, 3.63) is 0 Å². The van der Waals surface area contributed by atoms with E-state index in [9.17, 15) is 4.79 Å². The van der Waals surface area contributed by atoms with Crippen LogP contribution in [0.25, 0.3) is 0 Å². The lowest BCUT2D eigenvalue weighted by molar-refractivity contribution is -0.891. The van der Waals surface area contributed by atoms with E-state index in [0.29, 0.717) is 5.78 Å². The van der Waals surface area contributed by atoms with E-state index < -0.39 is 0 Å². The molecule has 72 valence electrons. The summed E-state index contributed by atoms with van der Waals surface area (Å²) in [6, 6.07) is 0. The van der Waals surface area contributed by atoms with Crippen LogP contribution < -0.4 is 0 Å². The van der Waals surface area contributed by atoms with Crippen molar-refractivity contribution >= 4 is 28.8 Å². The van der Waals surface area contributed by atoms with E-state index in [1.165, 1.54) is 0 Å². The Morgan fingerprint density at radius 1 is 1.33 bits per heavy atom. The molecule has 0 saturated carbocycles. The molecule has 0 atom stereocenters. The predicted molar refractivity (Wildman–Crippen MR) is 57.1 cm³/mol. The van der Waals surface area contributed by atoms with Gasteiger partial charge in [0.2, 0.25) is 0 Å². The van der Waals surface area contributed by atoms with Crippen LogP contribution in [0.15, 0.2) is 0 Å². The van der Waals surface area contributed by atoms with E-state index in [1.807, 2.05) is 0 Å². The van der Waals surface area contributed by atoms with Crippen molar-refractivity contribution in [3.63, 3.8) is 0 Å². The van der Waals surface area contributed by atoms with Crippen LogP contribution in [-0.2, 0) is 7.86 Å². The number of halogens is 1. The SMILES string of the molecule is COI.C[N+]1(C)CCC(=O)CC1. The maximum Gasteiger partial charge on any atom is 0.144 e. The summed E-state index contributed by atoms with van der Waals surface area (Å²) >= 11 is 1.79. The third-order valence-electron chi connectivity index (χ3n) is 1.99. The van der Waals surface area contributed by atoms with Gasteiger partial charge in [-0.1, -0.05) is 0 Å². The Bertz CT molecular complexity index is 136. The molecule has 0 aromatic carbocycles. The summed E-state index contributed by atoms with van der Waals surface area (Å²) in [7, 11) is 5.96. The fraction of sp³-hybridized carbons (Fsp3) is 0.875. The third kappa shape index (κ3) is 5.91. The lowest BCUT2D eigenvalue weighted by atomic mass is 10.1. The smallest absolute Gasteiger partial charge is 0.144 e. The first kappa shape index (κ1) is 12.3. The van der Waals surface area contributed by atoms with E-state index in [-0.39, 0.29) is 0 Å². The van der Waals surface area contributed by atoms with E-state index in [4.69, 9.17) is 0 Å². The average Bonchev–Trinajstić information content (AvgIpc) is 1.98. The summed E-state index contributed by atoms with van der Waals surface area (Å²) in [5.74, 6) is 0.437. The minimum Gasteiger partial charge on any atom is -0.328 e. The normalized spacial score (nSPS) is 21.2. The highest BCUT2D eigenvalue weighted by Crippen LogP contribution is 2.09. The van der Waals surface area contributed by atoms with Crippen molar-refractivity contribution in [3.8, 4) is 0 Å². The van der Waals surface area contributed by atoms with Gasteiger partial charge in [0.1, 0.15) is 28.8 Å². The van der Waals surface area contributed by atoms with Crippen molar-refractivity contribution in [1.82, 2.24) is 0 Å². The van der Waals surface area contributed by atoms with Gasteiger partial charge < -0.3 is 7.55 Å². The first-order valence-electron chi connectivity index (χ1n) is 4.00. The van der Waals surface area contributed by atoms with Crippen molar-refractivity contribution in [1.29, 1.82) is 0 Å². The van der Waals surface area contributed by atoms with Gasteiger partial charge in [-0.3, -0.25) is 4.79 Å². The zero-order chi connectivity index (χ0) is 9.61. The van der Waals surface area contributed by atoms with Gasteiger partial charge in [0.15, 0.2) is 0 Å². The first-order chi connectivity index (χ1) is 5.52. The van der Waals surface area contributed by atoms with E-state index >= 15 is 0 Å². The molecule has 0 unspecified atom stereocenters. The highest BCUT2D eigenvalue weighted by molar-refractivity contribution is 14.1. The van der Waals surface area contributed by atoms with Crippen molar-refractivity contribution in [2.45, 2.75) is 12.8 Å².